The largest absolute Gasteiger partial charge is 0.361 e. The Morgan fingerprint density at radius 1 is 1.12 bits per heavy atom. The second-order valence-electron chi connectivity index (χ2n) is 5.27. The lowest BCUT2D eigenvalue weighted by molar-refractivity contribution is -0.120. The van der Waals surface area contributed by atoms with E-state index in [9.17, 15) is 9.59 Å². The summed E-state index contributed by atoms with van der Waals surface area (Å²) in [4.78, 5) is 26.8. The topological polar surface area (TPSA) is 86.3 Å². The van der Waals surface area contributed by atoms with E-state index in [1.807, 2.05) is 30.5 Å². The average Bonchev–Trinajstić information content (AvgIpc) is 3.04. The summed E-state index contributed by atoms with van der Waals surface area (Å²) >= 11 is 5.77. The second kappa shape index (κ2) is 7.63. The van der Waals surface area contributed by atoms with Gasteiger partial charge in [-0.15, -0.1) is 0 Å². The average molecular weight is 355 g/mol. The number of nitrogens with one attached hydrogen (secondary N) is 3. The number of H-pyrrole nitrogens is 1. The Morgan fingerprint density at radius 3 is 2.68 bits per heavy atom. The minimum Gasteiger partial charge on any atom is -0.361 e. The monoisotopic (exact) mass is 354 g/mol. The zero-order valence-corrected chi connectivity index (χ0v) is 13.9. The van der Waals surface area contributed by atoms with E-state index in [0.717, 1.165) is 16.5 Å². The van der Waals surface area contributed by atoms with Crippen LogP contribution in [0.1, 0.15) is 15.9 Å². The predicted octanol–water partition coefficient (Wildman–Crippen LogP) is 2.70. The molecule has 0 unspecified atom stereocenters. The number of amides is 2. The van der Waals surface area contributed by atoms with Gasteiger partial charge in [0.1, 0.15) is 0 Å². The van der Waals surface area contributed by atoms with Crippen LogP contribution in [0.2, 0.25) is 5.02 Å². The lowest BCUT2D eigenvalue weighted by atomic mass is 10.2. The molecule has 0 radical (unpaired) electrons. The van der Waals surface area contributed by atoms with E-state index in [-0.39, 0.29) is 12.5 Å². The second-order valence-corrected chi connectivity index (χ2v) is 5.71. The summed E-state index contributed by atoms with van der Waals surface area (Å²) in [7, 11) is 0. The molecule has 3 rings (SSSR count). The first-order valence-electron chi connectivity index (χ1n) is 7.55. The molecule has 0 aliphatic rings. The maximum Gasteiger partial charge on any atom is 0.259 e. The van der Waals surface area contributed by atoms with Crippen LogP contribution in [-0.4, -0.2) is 29.6 Å². The van der Waals surface area contributed by atoms with Crippen molar-refractivity contribution in [3.63, 3.8) is 0 Å². The third-order valence-corrected chi connectivity index (χ3v) is 3.78. The predicted molar refractivity (Wildman–Crippen MR) is 97.8 cm³/mol. The van der Waals surface area contributed by atoms with Gasteiger partial charge in [0.25, 0.3) is 11.8 Å². The summed E-state index contributed by atoms with van der Waals surface area (Å²) < 4.78 is 0. The molecule has 0 atom stereocenters. The minimum absolute atomic E-state index is 0.174. The molecule has 7 heteroatoms. The summed E-state index contributed by atoms with van der Waals surface area (Å²) in [5.41, 5.74) is 4.67. The van der Waals surface area contributed by atoms with E-state index >= 15 is 0 Å². The molecule has 3 N–H and O–H groups in total. The van der Waals surface area contributed by atoms with Crippen LogP contribution in [0, 0.1) is 0 Å². The Bertz CT molecular complexity index is 932. The number of rotatable bonds is 5. The Balaban J connectivity index is 1.51. The van der Waals surface area contributed by atoms with Crippen LogP contribution in [0.25, 0.3) is 10.9 Å². The van der Waals surface area contributed by atoms with E-state index in [2.05, 4.69) is 20.8 Å². The summed E-state index contributed by atoms with van der Waals surface area (Å²) in [5, 5.41) is 7.98. The van der Waals surface area contributed by atoms with Gasteiger partial charge in [-0.1, -0.05) is 29.8 Å². The standard InChI is InChI=1S/C18H15ClN4O2/c19-14-7-5-12(6-8-14)18(25)21-11-17(24)23-22-10-13-9-20-16-4-2-1-3-15(13)16/h1-10,20H,11H2,(H,21,25)(H,23,24)/b22-10+. The van der Waals surface area contributed by atoms with Crippen molar-refractivity contribution < 1.29 is 9.59 Å². The van der Waals surface area contributed by atoms with Crippen molar-refractivity contribution in [2.75, 3.05) is 6.54 Å². The molecule has 6 nitrogen and oxygen atoms in total. The zero-order valence-electron chi connectivity index (χ0n) is 13.1. The van der Waals surface area contributed by atoms with Crippen LogP contribution >= 0.6 is 11.6 Å². The van der Waals surface area contributed by atoms with Crippen LogP contribution in [0.5, 0.6) is 0 Å². The molecule has 0 fully saturated rings. The maximum atomic E-state index is 11.9. The molecular formula is C18H15ClN4O2. The number of fused-ring (bicyclic) bond motifs is 1. The van der Waals surface area contributed by atoms with E-state index in [4.69, 9.17) is 11.6 Å². The third kappa shape index (κ3) is 4.24. The van der Waals surface area contributed by atoms with Crippen LogP contribution in [0.15, 0.2) is 59.8 Å². The number of carbonyl (C=O) groups is 2. The number of hydrogen-bond acceptors (Lipinski definition) is 3. The molecule has 1 heterocycles. The number of aromatic nitrogens is 1. The molecular weight excluding hydrogens is 340 g/mol. The Morgan fingerprint density at radius 2 is 1.88 bits per heavy atom. The van der Waals surface area contributed by atoms with Gasteiger partial charge < -0.3 is 10.3 Å². The van der Waals surface area contributed by atoms with Crippen LogP contribution in [0.4, 0.5) is 0 Å². The molecule has 0 bridgehead atoms. The zero-order chi connectivity index (χ0) is 17.6. The summed E-state index contributed by atoms with van der Waals surface area (Å²) in [5.74, 6) is -0.772. The van der Waals surface area contributed by atoms with E-state index < -0.39 is 5.91 Å². The molecule has 0 saturated heterocycles. The van der Waals surface area contributed by atoms with Crippen molar-refractivity contribution in [3.8, 4) is 0 Å². The molecule has 3 aromatic rings. The smallest absolute Gasteiger partial charge is 0.259 e. The number of carbonyl (C=O) groups excluding carboxylic acids is 2. The quantitative estimate of drug-likeness (QED) is 0.486. The number of para-hydroxylation sites is 1. The highest BCUT2D eigenvalue weighted by atomic mass is 35.5. The van der Waals surface area contributed by atoms with Gasteiger partial charge in [-0.25, -0.2) is 5.43 Å². The van der Waals surface area contributed by atoms with Gasteiger partial charge in [0, 0.05) is 33.2 Å². The lowest BCUT2D eigenvalue weighted by Gasteiger charge is -2.04. The molecule has 1 aromatic heterocycles. The number of hydrogen-bond donors (Lipinski definition) is 3. The molecule has 0 saturated carbocycles. The maximum absolute atomic E-state index is 11.9. The fourth-order valence-electron chi connectivity index (χ4n) is 2.28. The molecule has 25 heavy (non-hydrogen) atoms. The van der Waals surface area contributed by atoms with Gasteiger partial charge in [0.05, 0.1) is 12.8 Å². The van der Waals surface area contributed by atoms with Crippen molar-refractivity contribution in [1.29, 1.82) is 0 Å². The number of benzene rings is 2. The molecule has 2 amide bonds. The van der Waals surface area contributed by atoms with Gasteiger partial charge >= 0.3 is 0 Å². The third-order valence-electron chi connectivity index (χ3n) is 3.53. The molecule has 0 aliphatic heterocycles. The Labute approximate surface area is 148 Å². The van der Waals surface area contributed by atoms with Crippen molar-refractivity contribution in [1.82, 2.24) is 15.7 Å². The van der Waals surface area contributed by atoms with Gasteiger partial charge in [-0.2, -0.15) is 5.10 Å². The highest BCUT2D eigenvalue weighted by molar-refractivity contribution is 6.30. The van der Waals surface area contributed by atoms with Crippen LogP contribution < -0.4 is 10.7 Å². The SMILES string of the molecule is O=C(CNC(=O)c1ccc(Cl)cc1)N/N=C/c1c[nH]c2ccccc12. The normalized spacial score (nSPS) is 10.9. The molecule has 126 valence electrons. The van der Waals surface area contributed by atoms with Gasteiger partial charge in [0.2, 0.25) is 0 Å². The van der Waals surface area contributed by atoms with Crippen molar-refractivity contribution >= 4 is 40.5 Å². The Hall–Kier alpha value is -3.12. The summed E-state index contributed by atoms with van der Waals surface area (Å²) in [6.07, 6.45) is 3.36. The first kappa shape index (κ1) is 16.7. The number of aromatic amines is 1. The van der Waals surface area contributed by atoms with Crippen molar-refractivity contribution in [2.24, 2.45) is 5.10 Å². The van der Waals surface area contributed by atoms with E-state index in [1.165, 1.54) is 0 Å². The van der Waals surface area contributed by atoms with Crippen LogP contribution in [-0.2, 0) is 4.79 Å². The van der Waals surface area contributed by atoms with Crippen molar-refractivity contribution in [3.05, 3.63) is 70.9 Å². The number of halogens is 1. The lowest BCUT2D eigenvalue weighted by Crippen LogP contribution is -2.34. The highest BCUT2D eigenvalue weighted by Gasteiger charge is 2.07. The highest BCUT2D eigenvalue weighted by Crippen LogP contribution is 2.15. The van der Waals surface area contributed by atoms with Crippen molar-refractivity contribution in [2.45, 2.75) is 0 Å². The van der Waals surface area contributed by atoms with Gasteiger partial charge in [0.15, 0.2) is 0 Å². The van der Waals surface area contributed by atoms with E-state index in [0.29, 0.717) is 10.6 Å². The van der Waals surface area contributed by atoms with Gasteiger partial charge in [-0.05, 0) is 30.3 Å². The van der Waals surface area contributed by atoms with Gasteiger partial charge in [-0.3, -0.25) is 9.59 Å². The van der Waals surface area contributed by atoms with E-state index in [1.54, 1.807) is 30.5 Å². The summed E-state index contributed by atoms with van der Waals surface area (Å²) in [6, 6.07) is 14.2. The Kier molecular flexibility index (Phi) is 5.11. The molecule has 2 aromatic carbocycles. The summed E-state index contributed by atoms with van der Waals surface area (Å²) in [6.45, 7) is -0.174. The molecule has 0 aliphatic carbocycles. The first-order valence-corrected chi connectivity index (χ1v) is 7.93. The van der Waals surface area contributed by atoms with Crippen LogP contribution in [0.3, 0.4) is 0 Å². The first-order chi connectivity index (χ1) is 12.1. The minimum atomic E-state index is -0.418. The number of hydrazone groups is 1. The fourth-order valence-corrected chi connectivity index (χ4v) is 2.40. The fraction of sp³-hybridized carbons (Fsp3) is 0.0556. The molecule has 0 spiro atoms. The number of nitrogens with zero attached hydrogens (tertiary/aromatic N) is 1.